The van der Waals surface area contributed by atoms with Crippen molar-refractivity contribution in [3.8, 4) is 11.3 Å². The number of carbonyl (C=O) groups excluding carboxylic acids is 1. The van der Waals surface area contributed by atoms with E-state index in [2.05, 4.69) is 52.8 Å². The number of urea groups is 1. The summed E-state index contributed by atoms with van der Waals surface area (Å²) in [5.74, 6) is 0. The van der Waals surface area contributed by atoms with Crippen molar-refractivity contribution in [2.75, 3.05) is 41.8 Å². The second-order valence-corrected chi connectivity index (χ2v) is 8.17. The highest BCUT2D eigenvalue weighted by Gasteiger charge is 2.17. The third-order valence-corrected chi connectivity index (χ3v) is 5.78. The van der Waals surface area contributed by atoms with Crippen LogP contribution in [0.25, 0.3) is 22.2 Å². The molecule has 0 radical (unpaired) electrons. The molecule has 1 aliphatic rings. The lowest BCUT2D eigenvalue weighted by atomic mass is 10.0. The molecule has 2 N–H and O–H groups in total. The lowest BCUT2D eigenvalue weighted by molar-refractivity contribution is 0.123. The number of morpholine rings is 1. The van der Waals surface area contributed by atoms with Crippen LogP contribution in [-0.4, -0.2) is 37.3 Å². The minimum absolute atomic E-state index is 0.280. The summed E-state index contributed by atoms with van der Waals surface area (Å²) in [6, 6.07) is 25.5. The van der Waals surface area contributed by atoms with Crippen molar-refractivity contribution in [2.24, 2.45) is 0 Å². The summed E-state index contributed by atoms with van der Waals surface area (Å²) in [6.45, 7) is 5.11. The maximum Gasteiger partial charge on any atom is 0.323 e. The average Bonchev–Trinajstić information content (AvgIpc) is 2.85. The molecule has 1 aliphatic heterocycles. The summed E-state index contributed by atoms with van der Waals surface area (Å²) >= 11 is 0. The Morgan fingerprint density at radius 2 is 1.61 bits per heavy atom. The van der Waals surface area contributed by atoms with E-state index in [4.69, 9.17) is 9.72 Å². The maximum absolute atomic E-state index is 12.5. The summed E-state index contributed by atoms with van der Waals surface area (Å²) < 4.78 is 5.57. The summed E-state index contributed by atoms with van der Waals surface area (Å²) in [6.07, 6.45) is 0. The van der Waals surface area contributed by atoms with Crippen LogP contribution in [0.2, 0.25) is 0 Å². The van der Waals surface area contributed by atoms with Gasteiger partial charge in [-0.25, -0.2) is 9.78 Å². The SMILES string of the molecule is Cc1ccc(-c2cc(N3CCOCC3)c3cc(NC(=O)Nc4ccccc4)ccc3n2)cc1. The van der Waals surface area contributed by atoms with E-state index in [9.17, 15) is 4.79 Å². The van der Waals surface area contributed by atoms with Gasteiger partial charge >= 0.3 is 6.03 Å². The van der Waals surface area contributed by atoms with E-state index >= 15 is 0 Å². The van der Waals surface area contributed by atoms with E-state index < -0.39 is 0 Å². The molecule has 6 heteroatoms. The van der Waals surface area contributed by atoms with Gasteiger partial charge in [0, 0.05) is 41.1 Å². The van der Waals surface area contributed by atoms with Crippen molar-refractivity contribution in [2.45, 2.75) is 6.92 Å². The number of hydrogen-bond donors (Lipinski definition) is 2. The number of para-hydroxylation sites is 1. The number of nitrogens with zero attached hydrogens (tertiary/aromatic N) is 2. The molecule has 4 aromatic rings. The summed E-state index contributed by atoms with van der Waals surface area (Å²) in [5.41, 5.74) is 6.70. The van der Waals surface area contributed by atoms with Gasteiger partial charge in [-0.3, -0.25) is 0 Å². The van der Waals surface area contributed by atoms with E-state index in [0.29, 0.717) is 13.2 Å². The summed E-state index contributed by atoms with van der Waals surface area (Å²) in [7, 11) is 0. The standard InChI is InChI=1S/C27H26N4O2/c1-19-7-9-20(10-8-19)25-18-26(31-13-15-33-16-14-31)23-17-22(11-12-24(23)30-25)29-27(32)28-21-5-3-2-4-6-21/h2-12,17-18H,13-16H2,1H3,(H2,28,29,32). The first-order chi connectivity index (χ1) is 16.2. The summed E-state index contributed by atoms with van der Waals surface area (Å²) in [5, 5.41) is 6.81. The largest absolute Gasteiger partial charge is 0.378 e. The molecule has 1 fully saturated rings. The molecule has 0 bridgehead atoms. The van der Waals surface area contributed by atoms with Gasteiger partial charge in [-0.1, -0.05) is 48.0 Å². The molecule has 33 heavy (non-hydrogen) atoms. The second-order valence-electron chi connectivity index (χ2n) is 8.17. The molecule has 5 rings (SSSR count). The zero-order chi connectivity index (χ0) is 22.6. The van der Waals surface area contributed by atoms with Gasteiger partial charge in [-0.2, -0.15) is 0 Å². The average molecular weight is 439 g/mol. The lowest BCUT2D eigenvalue weighted by Crippen LogP contribution is -2.36. The van der Waals surface area contributed by atoms with Crippen LogP contribution in [0, 0.1) is 6.92 Å². The Morgan fingerprint density at radius 1 is 0.879 bits per heavy atom. The van der Waals surface area contributed by atoms with Crippen LogP contribution in [0.1, 0.15) is 5.56 Å². The zero-order valence-electron chi connectivity index (χ0n) is 18.5. The zero-order valence-corrected chi connectivity index (χ0v) is 18.5. The van der Waals surface area contributed by atoms with Gasteiger partial charge in [-0.15, -0.1) is 0 Å². The van der Waals surface area contributed by atoms with Gasteiger partial charge in [0.25, 0.3) is 0 Å². The predicted molar refractivity (Wildman–Crippen MR) is 134 cm³/mol. The number of nitrogens with one attached hydrogen (secondary N) is 2. The first-order valence-electron chi connectivity index (χ1n) is 11.1. The Morgan fingerprint density at radius 3 is 2.36 bits per heavy atom. The molecule has 0 aliphatic carbocycles. The highest BCUT2D eigenvalue weighted by Crippen LogP contribution is 2.33. The van der Waals surface area contributed by atoms with Crippen molar-refractivity contribution in [3.05, 3.63) is 84.4 Å². The molecule has 0 atom stereocenters. The normalized spacial score (nSPS) is 13.7. The molecule has 0 saturated carbocycles. The number of rotatable bonds is 4. The Kier molecular flexibility index (Phi) is 5.91. The van der Waals surface area contributed by atoms with E-state index in [-0.39, 0.29) is 6.03 Å². The minimum Gasteiger partial charge on any atom is -0.378 e. The number of anilines is 3. The van der Waals surface area contributed by atoms with Gasteiger partial charge in [-0.05, 0) is 43.3 Å². The summed E-state index contributed by atoms with van der Waals surface area (Å²) in [4.78, 5) is 19.8. The topological polar surface area (TPSA) is 66.5 Å². The molecule has 0 unspecified atom stereocenters. The molecule has 6 nitrogen and oxygen atoms in total. The van der Waals surface area contributed by atoms with Gasteiger partial charge in [0.2, 0.25) is 0 Å². The fraction of sp³-hybridized carbons (Fsp3) is 0.185. The second kappa shape index (κ2) is 9.30. The van der Waals surface area contributed by atoms with E-state index in [1.54, 1.807) is 0 Å². The number of fused-ring (bicyclic) bond motifs is 1. The van der Waals surface area contributed by atoms with Gasteiger partial charge in [0.1, 0.15) is 0 Å². The number of benzene rings is 3. The van der Waals surface area contributed by atoms with Crippen molar-refractivity contribution < 1.29 is 9.53 Å². The number of carbonyl (C=O) groups is 1. The van der Waals surface area contributed by atoms with Gasteiger partial charge in [0.15, 0.2) is 0 Å². The quantitative estimate of drug-likeness (QED) is 0.430. The molecular weight excluding hydrogens is 412 g/mol. The van der Waals surface area contributed by atoms with E-state index in [1.807, 2.05) is 48.5 Å². The first-order valence-corrected chi connectivity index (χ1v) is 11.1. The first kappa shape index (κ1) is 21.0. The van der Waals surface area contributed by atoms with Crippen LogP contribution < -0.4 is 15.5 Å². The molecule has 2 heterocycles. The highest BCUT2D eigenvalue weighted by molar-refractivity contribution is 6.03. The van der Waals surface area contributed by atoms with Crippen LogP contribution in [0.15, 0.2) is 78.9 Å². The molecule has 0 spiro atoms. The molecule has 166 valence electrons. The fourth-order valence-corrected chi connectivity index (χ4v) is 4.04. The van der Waals surface area contributed by atoms with Crippen LogP contribution in [-0.2, 0) is 4.74 Å². The number of aromatic nitrogens is 1. The van der Waals surface area contributed by atoms with Crippen LogP contribution in [0.3, 0.4) is 0 Å². The van der Waals surface area contributed by atoms with Gasteiger partial charge < -0.3 is 20.3 Å². The predicted octanol–water partition coefficient (Wildman–Crippen LogP) is 5.69. The molecule has 2 amide bonds. The number of hydrogen-bond acceptors (Lipinski definition) is 4. The maximum atomic E-state index is 12.5. The van der Waals surface area contributed by atoms with Crippen molar-refractivity contribution in [1.29, 1.82) is 0 Å². The monoisotopic (exact) mass is 438 g/mol. The highest BCUT2D eigenvalue weighted by atomic mass is 16.5. The lowest BCUT2D eigenvalue weighted by Gasteiger charge is -2.30. The van der Waals surface area contributed by atoms with Crippen LogP contribution in [0.5, 0.6) is 0 Å². The molecule has 1 aromatic heterocycles. The van der Waals surface area contributed by atoms with E-state index in [0.717, 1.165) is 52.3 Å². The van der Waals surface area contributed by atoms with Crippen LogP contribution in [0.4, 0.5) is 21.9 Å². The van der Waals surface area contributed by atoms with Crippen molar-refractivity contribution >= 4 is 34.0 Å². The number of ether oxygens (including phenoxy) is 1. The number of pyridine rings is 1. The Bertz CT molecular complexity index is 1270. The molecular formula is C27H26N4O2. The third-order valence-electron chi connectivity index (χ3n) is 5.78. The van der Waals surface area contributed by atoms with Gasteiger partial charge in [0.05, 0.1) is 24.4 Å². The van der Waals surface area contributed by atoms with Crippen molar-refractivity contribution in [1.82, 2.24) is 4.98 Å². The molecule has 3 aromatic carbocycles. The number of aryl methyl sites for hydroxylation is 1. The Balaban J connectivity index is 1.50. The van der Waals surface area contributed by atoms with E-state index in [1.165, 1.54) is 5.56 Å². The fourth-order valence-electron chi connectivity index (χ4n) is 4.04. The van der Waals surface area contributed by atoms with Crippen molar-refractivity contribution in [3.63, 3.8) is 0 Å². The minimum atomic E-state index is -0.280. The Labute approximate surface area is 193 Å². The Hall–Kier alpha value is -3.90. The van der Waals surface area contributed by atoms with Crippen LogP contribution >= 0.6 is 0 Å². The molecule has 1 saturated heterocycles. The third kappa shape index (κ3) is 4.81. The number of amides is 2. The smallest absolute Gasteiger partial charge is 0.323 e.